The minimum Gasteiger partial charge on any atom is -0.493 e. The zero-order chi connectivity index (χ0) is 18.9. The summed E-state index contributed by atoms with van der Waals surface area (Å²) in [6.07, 6.45) is 7.59. The lowest BCUT2D eigenvalue weighted by atomic mass is 9.77. The molecule has 0 bridgehead atoms. The molecule has 1 unspecified atom stereocenters. The van der Waals surface area contributed by atoms with E-state index in [0.717, 1.165) is 18.8 Å². The van der Waals surface area contributed by atoms with Gasteiger partial charge in [0.1, 0.15) is 5.75 Å². The molecule has 4 rings (SSSR count). The SMILES string of the molecule is O=C(NS(=O)(=O)C1CC1)c1ccc(OCC2CCC3(CCNCC3)C2)cc1. The minimum absolute atomic E-state index is 0.334. The van der Waals surface area contributed by atoms with Crippen molar-refractivity contribution in [1.29, 1.82) is 0 Å². The van der Waals surface area contributed by atoms with Gasteiger partial charge in [-0.2, -0.15) is 0 Å². The molecule has 0 aromatic heterocycles. The van der Waals surface area contributed by atoms with Gasteiger partial charge in [0, 0.05) is 5.56 Å². The highest BCUT2D eigenvalue weighted by Crippen LogP contribution is 2.47. The van der Waals surface area contributed by atoms with Crippen LogP contribution in [0.25, 0.3) is 0 Å². The topological polar surface area (TPSA) is 84.5 Å². The molecule has 1 atom stereocenters. The lowest BCUT2D eigenvalue weighted by Crippen LogP contribution is -2.35. The van der Waals surface area contributed by atoms with Crippen molar-refractivity contribution in [1.82, 2.24) is 10.0 Å². The molecule has 6 nitrogen and oxygen atoms in total. The number of carbonyl (C=O) groups is 1. The highest BCUT2D eigenvalue weighted by Gasteiger charge is 2.40. The van der Waals surface area contributed by atoms with Gasteiger partial charge in [-0.3, -0.25) is 4.79 Å². The van der Waals surface area contributed by atoms with E-state index in [4.69, 9.17) is 4.74 Å². The monoisotopic (exact) mass is 392 g/mol. The van der Waals surface area contributed by atoms with E-state index in [1.807, 2.05) is 0 Å². The Kier molecular flexibility index (Phi) is 5.16. The highest BCUT2D eigenvalue weighted by molar-refractivity contribution is 7.91. The maximum atomic E-state index is 12.1. The lowest BCUT2D eigenvalue weighted by molar-refractivity contribution is 0.0981. The summed E-state index contributed by atoms with van der Waals surface area (Å²) in [4.78, 5) is 12.1. The van der Waals surface area contributed by atoms with Crippen LogP contribution in [0, 0.1) is 11.3 Å². The molecule has 1 aromatic carbocycles. The van der Waals surface area contributed by atoms with E-state index in [2.05, 4.69) is 10.0 Å². The summed E-state index contributed by atoms with van der Waals surface area (Å²) >= 11 is 0. The summed E-state index contributed by atoms with van der Waals surface area (Å²) in [5, 5.41) is 3.04. The van der Waals surface area contributed by atoms with Gasteiger partial charge in [-0.15, -0.1) is 0 Å². The average molecular weight is 393 g/mol. The second-order valence-electron chi connectivity index (χ2n) is 8.37. The van der Waals surface area contributed by atoms with Crippen LogP contribution in [0.4, 0.5) is 0 Å². The van der Waals surface area contributed by atoms with Crippen molar-refractivity contribution in [3.63, 3.8) is 0 Å². The van der Waals surface area contributed by atoms with Gasteiger partial charge in [-0.1, -0.05) is 0 Å². The number of piperidine rings is 1. The fraction of sp³-hybridized carbons (Fsp3) is 0.650. The van der Waals surface area contributed by atoms with Gasteiger partial charge in [-0.25, -0.2) is 13.1 Å². The number of benzene rings is 1. The first-order valence-corrected chi connectivity index (χ1v) is 11.5. The van der Waals surface area contributed by atoms with Gasteiger partial charge in [0.25, 0.3) is 5.91 Å². The predicted molar refractivity (Wildman–Crippen MR) is 103 cm³/mol. The van der Waals surface area contributed by atoms with Gasteiger partial charge in [0.15, 0.2) is 0 Å². The third-order valence-electron chi connectivity index (χ3n) is 6.27. The van der Waals surface area contributed by atoms with Crippen LogP contribution in [0.3, 0.4) is 0 Å². The number of hydrogen-bond acceptors (Lipinski definition) is 5. The molecule has 27 heavy (non-hydrogen) atoms. The van der Waals surface area contributed by atoms with Crippen LogP contribution in [0.15, 0.2) is 24.3 Å². The first kappa shape index (κ1) is 18.7. The van der Waals surface area contributed by atoms with E-state index in [9.17, 15) is 13.2 Å². The standard InChI is InChI=1S/C20H28N2O4S/c23-19(22-27(24,25)18-5-6-18)16-1-3-17(4-2-16)26-14-15-7-8-20(13-15)9-11-21-12-10-20/h1-4,15,18,21H,5-14H2,(H,22,23). The third kappa shape index (κ3) is 4.46. The van der Waals surface area contributed by atoms with Gasteiger partial charge in [0.2, 0.25) is 10.0 Å². The smallest absolute Gasteiger partial charge is 0.264 e. The quantitative estimate of drug-likeness (QED) is 0.777. The number of carbonyl (C=O) groups excluding carboxylic acids is 1. The van der Waals surface area contributed by atoms with Crippen molar-refractivity contribution in [2.75, 3.05) is 19.7 Å². The minimum atomic E-state index is -3.51. The van der Waals surface area contributed by atoms with E-state index in [1.54, 1.807) is 24.3 Å². The summed E-state index contributed by atoms with van der Waals surface area (Å²) in [6.45, 7) is 2.97. The van der Waals surface area contributed by atoms with E-state index in [1.165, 1.54) is 32.1 Å². The zero-order valence-corrected chi connectivity index (χ0v) is 16.4. The number of rotatable bonds is 6. The molecule has 2 saturated carbocycles. The molecule has 1 aromatic rings. The third-order valence-corrected chi connectivity index (χ3v) is 8.09. The van der Waals surface area contributed by atoms with Crippen LogP contribution in [0.1, 0.15) is 55.3 Å². The summed E-state index contributed by atoms with van der Waals surface area (Å²) in [5.41, 5.74) is 0.856. The second kappa shape index (κ2) is 7.43. The zero-order valence-electron chi connectivity index (χ0n) is 15.6. The Morgan fingerprint density at radius 1 is 1.11 bits per heavy atom. The Balaban J connectivity index is 1.27. The van der Waals surface area contributed by atoms with E-state index < -0.39 is 21.2 Å². The number of ether oxygens (including phenoxy) is 1. The molecule has 3 aliphatic rings. The molecule has 1 spiro atoms. The van der Waals surface area contributed by atoms with Crippen LogP contribution in [0.5, 0.6) is 5.75 Å². The van der Waals surface area contributed by atoms with Crippen LogP contribution >= 0.6 is 0 Å². The number of sulfonamides is 1. The molecular formula is C20H28N2O4S. The van der Waals surface area contributed by atoms with Crippen molar-refractivity contribution >= 4 is 15.9 Å². The van der Waals surface area contributed by atoms with E-state index in [0.29, 0.717) is 36.3 Å². The van der Waals surface area contributed by atoms with Crippen molar-refractivity contribution < 1.29 is 17.9 Å². The summed E-state index contributed by atoms with van der Waals surface area (Å²) in [6, 6.07) is 6.73. The fourth-order valence-corrected chi connectivity index (χ4v) is 5.75. The van der Waals surface area contributed by atoms with Gasteiger partial charge < -0.3 is 10.1 Å². The molecule has 1 saturated heterocycles. The van der Waals surface area contributed by atoms with Crippen molar-refractivity contribution in [2.24, 2.45) is 11.3 Å². The number of hydrogen-bond donors (Lipinski definition) is 2. The van der Waals surface area contributed by atoms with Crippen molar-refractivity contribution in [3.05, 3.63) is 29.8 Å². The predicted octanol–water partition coefficient (Wildman–Crippen LogP) is 2.46. The number of amides is 1. The second-order valence-corrected chi connectivity index (χ2v) is 10.3. The first-order chi connectivity index (χ1) is 13.0. The molecule has 7 heteroatoms. The maximum absolute atomic E-state index is 12.1. The molecule has 2 N–H and O–H groups in total. The van der Waals surface area contributed by atoms with Crippen molar-refractivity contribution in [2.45, 2.75) is 50.2 Å². The molecule has 0 radical (unpaired) electrons. The molecule has 2 aliphatic carbocycles. The van der Waals surface area contributed by atoms with E-state index in [-0.39, 0.29) is 0 Å². The molecule has 148 valence electrons. The Labute approximate surface area is 161 Å². The van der Waals surface area contributed by atoms with Gasteiger partial charge >= 0.3 is 0 Å². The molecule has 1 aliphatic heterocycles. The lowest BCUT2D eigenvalue weighted by Gasteiger charge is -2.34. The van der Waals surface area contributed by atoms with Crippen LogP contribution in [-0.2, 0) is 10.0 Å². The Morgan fingerprint density at radius 3 is 2.48 bits per heavy atom. The largest absolute Gasteiger partial charge is 0.493 e. The van der Waals surface area contributed by atoms with E-state index >= 15 is 0 Å². The number of nitrogens with one attached hydrogen (secondary N) is 2. The van der Waals surface area contributed by atoms with Crippen molar-refractivity contribution in [3.8, 4) is 5.75 Å². The fourth-order valence-electron chi connectivity index (χ4n) is 4.45. The Bertz CT molecular complexity index is 781. The molecule has 1 heterocycles. The van der Waals surface area contributed by atoms with Crippen LogP contribution < -0.4 is 14.8 Å². The Hall–Kier alpha value is -1.60. The highest BCUT2D eigenvalue weighted by atomic mass is 32.2. The first-order valence-electron chi connectivity index (χ1n) is 9.95. The Morgan fingerprint density at radius 2 is 1.81 bits per heavy atom. The molecule has 1 amide bonds. The van der Waals surface area contributed by atoms with Gasteiger partial charge in [-0.05, 0) is 93.6 Å². The maximum Gasteiger partial charge on any atom is 0.264 e. The summed E-state index contributed by atoms with van der Waals surface area (Å²) in [5.74, 6) is 0.745. The summed E-state index contributed by atoms with van der Waals surface area (Å²) < 4.78 is 31.8. The van der Waals surface area contributed by atoms with Crippen LogP contribution in [-0.4, -0.2) is 39.3 Å². The molecular weight excluding hydrogens is 364 g/mol. The summed E-state index contributed by atoms with van der Waals surface area (Å²) in [7, 11) is -3.51. The average Bonchev–Trinajstić information content (AvgIpc) is 3.46. The van der Waals surface area contributed by atoms with Gasteiger partial charge in [0.05, 0.1) is 11.9 Å². The normalized spacial score (nSPS) is 24.7. The van der Waals surface area contributed by atoms with Crippen LogP contribution in [0.2, 0.25) is 0 Å². The molecule has 3 fully saturated rings.